The molecule has 2 amide bonds. The standard InChI is InChI=1S/C20H25N3O5/c1-26-16(12-21)11-19(24)22-14-6-5-7-15(10-14)23-20(25)13-28-18-9-4-3-8-17(18)27-2/h3-10,16H,11-13,21H2,1-2H3,(H,22,24)(H,23,25). The molecular weight excluding hydrogens is 362 g/mol. The molecule has 1 unspecified atom stereocenters. The summed E-state index contributed by atoms with van der Waals surface area (Å²) in [6.45, 7) is 0.0786. The minimum Gasteiger partial charge on any atom is -0.493 e. The summed E-state index contributed by atoms with van der Waals surface area (Å²) in [5.74, 6) is 0.470. The van der Waals surface area contributed by atoms with Crippen LogP contribution in [0.5, 0.6) is 11.5 Å². The van der Waals surface area contributed by atoms with Crippen molar-refractivity contribution in [2.45, 2.75) is 12.5 Å². The van der Waals surface area contributed by atoms with Gasteiger partial charge < -0.3 is 30.6 Å². The average molecular weight is 387 g/mol. The van der Waals surface area contributed by atoms with E-state index in [1.54, 1.807) is 42.5 Å². The van der Waals surface area contributed by atoms with Gasteiger partial charge in [0.2, 0.25) is 5.91 Å². The summed E-state index contributed by atoms with van der Waals surface area (Å²) in [6.07, 6.45) is -0.189. The molecule has 0 saturated carbocycles. The second-order valence-corrected chi connectivity index (χ2v) is 5.91. The summed E-state index contributed by atoms with van der Waals surface area (Å²) in [4.78, 5) is 24.2. The third-order valence-electron chi connectivity index (χ3n) is 3.87. The SMILES string of the molecule is COc1ccccc1OCC(=O)Nc1cccc(NC(=O)CC(CN)OC)c1. The van der Waals surface area contributed by atoms with Crippen LogP contribution in [-0.2, 0) is 14.3 Å². The predicted octanol–water partition coefficient (Wildman–Crippen LogP) is 2.01. The third-order valence-corrected chi connectivity index (χ3v) is 3.87. The van der Waals surface area contributed by atoms with Gasteiger partial charge in [-0.15, -0.1) is 0 Å². The van der Waals surface area contributed by atoms with Gasteiger partial charge in [-0.05, 0) is 30.3 Å². The predicted molar refractivity (Wildman–Crippen MR) is 107 cm³/mol. The number of nitrogens with two attached hydrogens (primary N) is 1. The Morgan fingerprint density at radius 3 is 2.21 bits per heavy atom. The van der Waals surface area contributed by atoms with Gasteiger partial charge in [-0.25, -0.2) is 0 Å². The van der Waals surface area contributed by atoms with Crippen molar-refractivity contribution in [1.82, 2.24) is 0 Å². The van der Waals surface area contributed by atoms with Gasteiger partial charge in [0.25, 0.3) is 5.91 Å². The molecule has 0 spiro atoms. The Labute approximate surface area is 164 Å². The van der Waals surface area contributed by atoms with Gasteiger partial charge in [-0.3, -0.25) is 9.59 Å². The molecule has 8 nitrogen and oxygen atoms in total. The van der Waals surface area contributed by atoms with Crippen molar-refractivity contribution in [3.8, 4) is 11.5 Å². The molecule has 150 valence electrons. The molecule has 0 bridgehead atoms. The number of rotatable bonds is 10. The van der Waals surface area contributed by atoms with Crippen LogP contribution < -0.4 is 25.8 Å². The summed E-state index contributed by atoms with van der Waals surface area (Å²) in [5, 5.41) is 5.48. The van der Waals surface area contributed by atoms with Crippen LogP contribution in [0.25, 0.3) is 0 Å². The van der Waals surface area contributed by atoms with Crippen molar-refractivity contribution in [3.05, 3.63) is 48.5 Å². The summed E-state index contributed by atoms with van der Waals surface area (Å²) in [5.41, 5.74) is 6.61. The number of anilines is 2. The lowest BCUT2D eigenvalue weighted by molar-refractivity contribution is -0.119. The lowest BCUT2D eigenvalue weighted by Crippen LogP contribution is -2.28. The minimum atomic E-state index is -0.338. The van der Waals surface area contributed by atoms with Crippen LogP contribution in [0.1, 0.15) is 6.42 Å². The van der Waals surface area contributed by atoms with Crippen molar-refractivity contribution in [2.75, 3.05) is 38.0 Å². The van der Waals surface area contributed by atoms with Crippen LogP contribution in [0.4, 0.5) is 11.4 Å². The van der Waals surface area contributed by atoms with Gasteiger partial charge in [0, 0.05) is 25.0 Å². The highest BCUT2D eigenvalue weighted by Crippen LogP contribution is 2.25. The van der Waals surface area contributed by atoms with E-state index < -0.39 is 0 Å². The molecule has 2 aromatic carbocycles. The van der Waals surface area contributed by atoms with E-state index in [4.69, 9.17) is 19.9 Å². The van der Waals surface area contributed by atoms with Crippen LogP contribution >= 0.6 is 0 Å². The molecule has 2 aromatic rings. The largest absolute Gasteiger partial charge is 0.493 e. The summed E-state index contributed by atoms with van der Waals surface area (Å²) < 4.78 is 15.8. The second kappa shape index (κ2) is 10.9. The normalized spacial score (nSPS) is 11.4. The number of carbonyl (C=O) groups is 2. The molecule has 0 aromatic heterocycles. The molecule has 0 aliphatic rings. The molecule has 28 heavy (non-hydrogen) atoms. The summed E-state index contributed by atoms with van der Waals surface area (Å²) >= 11 is 0. The van der Waals surface area contributed by atoms with Crippen LogP contribution in [0.15, 0.2) is 48.5 Å². The first-order chi connectivity index (χ1) is 13.5. The van der Waals surface area contributed by atoms with Crippen molar-refractivity contribution < 1.29 is 23.8 Å². The number of hydrogen-bond acceptors (Lipinski definition) is 6. The zero-order chi connectivity index (χ0) is 20.4. The number of carbonyl (C=O) groups excluding carboxylic acids is 2. The highest BCUT2D eigenvalue weighted by Gasteiger charge is 2.12. The monoisotopic (exact) mass is 387 g/mol. The Morgan fingerprint density at radius 1 is 0.964 bits per heavy atom. The van der Waals surface area contributed by atoms with E-state index in [1.807, 2.05) is 6.07 Å². The molecule has 0 heterocycles. The van der Waals surface area contributed by atoms with E-state index in [1.165, 1.54) is 14.2 Å². The Morgan fingerprint density at radius 2 is 1.61 bits per heavy atom. The van der Waals surface area contributed by atoms with E-state index in [0.29, 0.717) is 22.9 Å². The quantitative estimate of drug-likeness (QED) is 0.575. The number of methoxy groups -OCH3 is 2. The van der Waals surface area contributed by atoms with Gasteiger partial charge in [-0.2, -0.15) is 0 Å². The minimum absolute atomic E-state index is 0.149. The number of para-hydroxylation sites is 2. The van der Waals surface area contributed by atoms with Crippen LogP contribution in [-0.4, -0.2) is 45.3 Å². The zero-order valence-corrected chi connectivity index (χ0v) is 15.9. The molecule has 0 fully saturated rings. The number of benzene rings is 2. The molecule has 8 heteroatoms. The van der Waals surface area contributed by atoms with Crippen LogP contribution in [0.2, 0.25) is 0 Å². The van der Waals surface area contributed by atoms with Gasteiger partial charge in [0.15, 0.2) is 18.1 Å². The Bertz CT molecular complexity index is 793. The number of hydrogen-bond donors (Lipinski definition) is 3. The fraction of sp³-hybridized carbons (Fsp3) is 0.300. The van der Waals surface area contributed by atoms with Crippen molar-refractivity contribution >= 4 is 23.2 Å². The molecule has 0 aliphatic carbocycles. The average Bonchev–Trinajstić information content (AvgIpc) is 2.70. The molecule has 0 radical (unpaired) electrons. The number of nitrogens with one attached hydrogen (secondary N) is 2. The fourth-order valence-electron chi connectivity index (χ4n) is 2.43. The van der Waals surface area contributed by atoms with Crippen LogP contribution in [0.3, 0.4) is 0 Å². The topological polar surface area (TPSA) is 112 Å². The smallest absolute Gasteiger partial charge is 0.262 e. The lowest BCUT2D eigenvalue weighted by Gasteiger charge is -2.13. The molecule has 1 atom stereocenters. The maximum Gasteiger partial charge on any atom is 0.262 e. The fourth-order valence-corrected chi connectivity index (χ4v) is 2.43. The Balaban J connectivity index is 1.89. The first-order valence-corrected chi connectivity index (χ1v) is 8.74. The maximum atomic E-state index is 12.1. The summed E-state index contributed by atoms with van der Waals surface area (Å²) in [6, 6.07) is 13.9. The first-order valence-electron chi connectivity index (χ1n) is 8.74. The highest BCUT2D eigenvalue weighted by molar-refractivity contribution is 5.94. The van der Waals surface area contributed by atoms with E-state index in [9.17, 15) is 9.59 Å². The van der Waals surface area contributed by atoms with Gasteiger partial charge >= 0.3 is 0 Å². The van der Waals surface area contributed by atoms with Gasteiger partial charge in [0.1, 0.15) is 0 Å². The first kappa shape index (κ1) is 21.2. The van der Waals surface area contributed by atoms with E-state index in [0.717, 1.165) is 0 Å². The second-order valence-electron chi connectivity index (χ2n) is 5.91. The molecule has 0 aliphatic heterocycles. The Kier molecular flexibility index (Phi) is 8.26. The maximum absolute atomic E-state index is 12.1. The zero-order valence-electron chi connectivity index (χ0n) is 15.9. The lowest BCUT2D eigenvalue weighted by atomic mass is 10.2. The van der Waals surface area contributed by atoms with Crippen molar-refractivity contribution in [1.29, 1.82) is 0 Å². The van der Waals surface area contributed by atoms with Gasteiger partial charge in [0.05, 0.1) is 19.6 Å². The van der Waals surface area contributed by atoms with Crippen molar-refractivity contribution in [2.24, 2.45) is 5.73 Å². The van der Waals surface area contributed by atoms with Crippen LogP contribution in [0, 0.1) is 0 Å². The van der Waals surface area contributed by atoms with E-state index in [2.05, 4.69) is 10.6 Å². The molecule has 2 rings (SSSR count). The molecule has 4 N–H and O–H groups in total. The molecular formula is C20H25N3O5. The Hall–Kier alpha value is -3.10. The third kappa shape index (κ3) is 6.57. The number of ether oxygens (including phenoxy) is 3. The number of amides is 2. The van der Waals surface area contributed by atoms with E-state index in [-0.39, 0.29) is 37.5 Å². The van der Waals surface area contributed by atoms with Gasteiger partial charge in [-0.1, -0.05) is 18.2 Å². The summed E-state index contributed by atoms with van der Waals surface area (Å²) in [7, 11) is 3.04. The van der Waals surface area contributed by atoms with E-state index >= 15 is 0 Å². The highest BCUT2D eigenvalue weighted by atomic mass is 16.5. The van der Waals surface area contributed by atoms with Crippen molar-refractivity contribution in [3.63, 3.8) is 0 Å². The molecule has 0 saturated heterocycles.